The number of carbonyl (C=O) groups excluding carboxylic acids is 1. The summed E-state index contributed by atoms with van der Waals surface area (Å²) in [5, 5.41) is 3.28. The maximum atomic E-state index is 11.7. The molecule has 1 heterocycles. The van der Waals surface area contributed by atoms with Crippen molar-refractivity contribution in [2.45, 2.75) is 26.4 Å². The molecular weight excluding hydrogens is 435 g/mol. The smallest absolute Gasteiger partial charge is 0.243 e. The van der Waals surface area contributed by atoms with Gasteiger partial charge in [-0.1, -0.05) is 11.6 Å². The van der Waals surface area contributed by atoms with Crippen molar-refractivity contribution in [3.05, 3.63) is 21.3 Å². The van der Waals surface area contributed by atoms with Gasteiger partial charge in [0.2, 0.25) is 5.91 Å². The van der Waals surface area contributed by atoms with Crippen molar-refractivity contribution in [1.82, 2.24) is 15.1 Å². The average molecular weight is 459 g/mol. The van der Waals surface area contributed by atoms with Gasteiger partial charge in [0, 0.05) is 32.1 Å². The zero-order chi connectivity index (χ0) is 16.0. The summed E-state index contributed by atoms with van der Waals surface area (Å²) in [6.07, 6.45) is 0. The third-order valence-electron chi connectivity index (χ3n) is 2.66. The summed E-state index contributed by atoms with van der Waals surface area (Å²) in [5.41, 5.74) is 0. The minimum absolute atomic E-state index is 0. The number of rotatable bonds is 5. The van der Waals surface area contributed by atoms with Crippen molar-refractivity contribution in [2.24, 2.45) is 4.99 Å². The van der Waals surface area contributed by atoms with E-state index in [2.05, 4.69) is 10.3 Å². The molecule has 1 amide bonds. The predicted molar refractivity (Wildman–Crippen MR) is 105 cm³/mol. The number of hydrogen-bond donors (Lipinski definition) is 1. The highest BCUT2D eigenvalue weighted by Crippen LogP contribution is 2.22. The van der Waals surface area contributed by atoms with Gasteiger partial charge in [0.25, 0.3) is 0 Å². The van der Waals surface area contributed by atoms with E-state index in [1.165, 1.54) is 4.90 Å². The summed E-state index contributed by atoms with van der Waals surface area (Å²) in [6, 6.07) is 4.13. The first kappa shape index (κ1) is 21.5. The topological polar surface area (TPSA) is 47.9 Å². The molecule has 0 radical (unpaired) electrons. The highest BCUT2D eigenvalue weighted by Gasteiger charge is 2.11. The largest absolute Gasteiger partial charge is 0.354 e. The summed E-state index contributed by atoms with van der Waals surface area (Å²) in [4.78, 5) is 20.8. The van der Waals surface area contributed by atoms with Crippen LogP contribution < -0.4 is 5.32 Å². The van der Waals surface area contributed by atoms with Crippen LogP contribution in [0.25, 0.3) is 0 Å². The maximum Gasteiger partial charge on any atom is 0.243 e. The van der Waals surface area contributed by atoms with Gasteiger partial charge in [-0.25, -0.2) is 4.99 Å². The number of aliphatic imine (C=N–C) groups is 1. The zero-order valence-electron chi connectivity index (χ0n) is 13.6. The van der Waals surface area contributed by atoms with Gasteiger partial charge in [-0.3, -0.25) is 4.79 Å². The fourth-order valence-corrected chi connectivity index (χ4v) is 2.71. The summed E-state index contributed by atoms with van der Waals surface area (Å²) in [5.74, 6) is 0.690. The van der Waals surface area contributed by atoms with Gasteiger partial charge < -0.3 is 15.1 Å². The maximum absolute atomic E-state index is 11.7. The first-order valence-electron chi connectivity index (χ1n) is 6.76. The molecule has 0 aromatic carbocycles. The molecule has 0 fully saturated rings. The van der Waals surface area contributed by atoms with Crippen LogP contribution in [0, 0.1) is 0 Å². The van der Waals surface area contributed by atoms with E-state index in [0.29, 0.717) is 12.5 Å². The molecule has 0 saturated heterocycles. The molecule has 0 aliphatic rings. The second-order valence-corrected chi connectivity index (χ2v) is 7.09. The van der Waals surface area contributed by atoms with Crippen LogP contribution in [0.4, 0.5) is 0 Å². The van der Waals surface area contributed by atoms with E-state index in [0.717, 1.165) is 9.21 Å². The second kappa shape index (κ2) is 10.3. The number of amides is 1. The summed E-state index contributed by atoms with van der Waals surface area (Å²) in [6.45, 7) is 4.92. The molecule has 1 aromatic rings. The van der Waals surface area contributed by atoms with Crippen LogP contribution in [0.1, 0.15) is 18.7 Å². The van der Waals surface area contributed by atoms with Crippen LogP contribution in [0.3, 0.4) is 0 Å². The van der Waals surface area contributed by atoms with E-state index in [1.54, 1.807) is 25.4 Å². The van der Waals surface area contributed by atoms with E-state index >= 15 is 0 Å². The Morgan fingerprint density at radius 1 is 1.36 bits per heavy atom. The first-order chi connectivity index (χ1) is 9.79. The molecule has 126 valence electrons. The lowest BCUT2D eigenvalue weighted by atomic mass is 10.4. The van der Waals surface area contributed by atoms with Crippen LogP contribution in [0.2, 0.25) is 4.34 Å². The van der Waals surface area contributed by atoms with E-state index < -0.39 is 0 Å². The Bertz CT molecular complexity index is 505. The van der Waals surface area contributed by atoms with E-state index in [-0.39, 0.29) is 42.5 Å². The minimum atomic E-state index is -0.0226. The number of nitrogens with one attached hydrogen (secondary N) is 1. The lowest BCUT2D eigenvalue weighted by Crippen LogP contribution is -2.42. The second-order valence-electron chi connectivity index (χ2n) is 5.29. The Balaban J connectivity index is 0.00000441. The third-order valence-corrected chi connectivity index (χ3v) is 3.88. The van der Waals surface area contributed by atoms with Crippen LogP contribution in [-0.4, -0.2) is 55.4 Å². The van der Waals surface area contributed by atoms with E-state index in [4.69, 9.17) is 11.6 Å². The number of likely N-dealkylation sites (N-methyl/N-ethyl adjacent to an activating group) is 1. The molecule has 22 heavy (non-hydrogen) atoms. The molecule has 0 aliphatic heterocycles. The molecule has 1 rings (SSSR count). The van der Waals surface area contributed by atoms with Gasteiger partial charge in [0.1, 0.15) is 6.54 Å². The number of nitrogens with zero attached hydrogens (tertiary/aromatic N) is 3. The van der Waals surface area contributed by atoms with Crippen molar-refractivity contribution in [1.29, 1.82) is 0 Å². The predicted octanol–water partition coefficient (Wildman–Crippen LogP) is 2.89. The van der Waals surface area contributed by atoms with Crippen LogP contribution in [0.15, 0.2) is 17.1 Å². The van der Waals surface area contributed by atoms with Crippen molar-refractivity contribution < 1.29 is 4.79 Å². The van der Waals surface area contributed by atoms with Gasteiger partial charge in [0.05, 0.1) is 10.9 Å². The van der Waals surface area contributed by atoms with Crippen molar-refractivity contribution in [3.8, 4) is 0 Å². The monoisotopic (exact) mass is 458 g/mol. The number of carbonyl (C=O) groups is 1. The minimum Gasteiger partial charge on any atom is -0.354 e. The number of hydrogen-bond acceptors (Lipinski definition) is 3. The number of guanidine groups is 1. The van der Waals surface area contributed by atoms with Crippen molar-refractivity contribution >= 4 is 58.8 Å². The molecule has 0 atom stereocenters. The Labute approximate surface area is 158 Å². The van der Waals surface area contributed by atoms with Crippen LogP contribution in [-0.2, 0) is 11.3 Å². The summed E-state index contributed by atoms with van der Waals surface area (Å²) < 4.78 is 0.775. The average Bonchev–Trinajstić information content (AvgIpc) is 2.78. The summed E-state index contributed by atoms with van der Waals surface area (Å²) >= 11 is 7.50. The normalized spacial score (nSPS) is 11.1. The molecule has 1 aromatic heterocycles. The van der Waals surface area contributed by atoms with E-state index in [1.807, 2.05) is 37.9 Å². The van der Waals surface area contributed by atoms with Gasteiger partial charge in [-0.2, -0.15) is 0 Å². The quantitative estimate of drug-likeness (QED) is 0.419. The molecule has 8 heteroatoms. The Morgan fingerprint density at radius 3 is 2.45 bits per heavy atom. The standard InChI is InChI=1S/C14H23ClN4OS.HI/c1-10(2)17-14(16-8-13(20)18(3)4)19(5)9-11-6-7-12(15)21-11;/h6-7,10H,8-9H2,1-5H3,(H,16,17);1H. The van der Waals surface area contributed by atoms with Gasteiger partial charge in [-0.05, 0) is 26.0 Å². The lowest BCUT2D eigenvalue weighted by molar-refractivity contribution is -0.127. The SMILES string of the molecule is CC(C)NC(=NCC(=O)N(C)C)N(C)Cc1ccc(Cl)s1.I. The van der Waals surface area contributed by atoms with Gasteiger partial charge >= 0.3 is 0 Å². The Morgan fingerprint density at radius 2 is 2.00 bits per heavy atom. The van der Waals surface area contributed by atoms with E-state index in [9.17, 15) is 4.79 Å². The highest BCUT2D eigenvalue weighted by molar-refractivity contribution is 14.0. The Kier molecular flexibility index (Phi) is 10.0. The molecule has 0 saturated carbocycles. The lowest BCUT2D eigenvalue weighted by Gasteiger charge is -2.24. The van der Waals surface area contributed by atoms with Crippen molar-refractivity contribution in [2.75, 3.05) is 27.7 Å². The molecule has 0 bridgehead atoms. The molecule has 1 N–H and O–H groups in total. The fourth-order valence-electron chi connectivity index (χ4n) is 1.56. The van der Waals surface area contributed by atoms with Gasteiger partial charge in [-0.15, -0.1) is 35.3 Å². The molecule has 0 spiro atoms. The molecular formula is C14H24ClIN4OS. The summed E-state index contributed by atoms with van der Waals surface area (Å²) in [7, 11) is 5.40. The third kappa shape index (κ3) is 7.64. The zero-order valence-corrected chi connectivity index (χ0v) is 17.5. The van der Waals surface area contributed by atoms with Crippen molar-refractivity contribution in [3.63, 3.8) is 0 Å². The molecule has 0 unspecified atom stereocenters. The fraction of sp³-hybridized carbons (Fsp3) is 0.571. The van der Waals surface area contributed by atoms with Crippen LogP contribution in [0.5, 0.6) is 0 Å². The molecule has 5 nitrogen and oxygen atoms in total. The number of halogens is 2. The Hall–Kier alpha value is -0.540. The number of thiophene rings is 1. The highest BCUT2D eigenvalue weighted by atomic mass is 127. The first-order valence-corrected chi connectivity index (χ1v) is 7.95. The van der Waals surface area contributed by atoms with Crippen LogP contribution >= 0.6 is 46.9 Å². The van der Waals surface area contributed by atoms with Gasteiger partial charge in [0.15, 0.2) is 5.96 Å². The molecule has 0 aliphatic carbocycles.